The topological polar surface area (TPSA) is 72.7 Å². The van der Waals surface area contributed by atoms with Crippen molar-refractivity contribution in [2.45, 2.75) is 38.3 Å². The van der Waals surface area contributed by atoms with E-state index in [-0.39, 0.29) is 28.5 Å². The fraction of sp³-hybridized carbons (Fsp3) is 0.550. The molecule has 2 aliphatic carbocycles. The molecule has 0 spiro atoms. The fourth-order valence-corrected chi connectivity index (χ4v) is 4.59. The van der Waals surface area contributed by atoms with Crippen molar-refractivity contribution in [2.75, 3.05) is 13.2 Å². The number of non-ortho nitro benzene ring substituents is 1. The monoisotopic (exact) mass is 356 g/mol. The van der Waals surface area contributed by atoms with E-state index in [9.17, 15) is 14.9 Å². The minimum atomic E-state index is -0.382. The molecule has 2 bridgehead atoms. The molecule has 4 rings (SSSR count). The number of benzene rings is 1. The van der Waals surface area contributed by atoms with Gasteiger partial charge in [0.1, 0.15) is 6.61 Å². The van der Waals surface area contributed by atoms with Crippen molar-refractivity contribution >= 4 is 11.7 Å². The number of allylic oxidation sites excluding steroid dienone is 2. The summed E-state index contributed by atoms with van der Waals surface area (Å²) in [6.07, 6.45) is 8.57. The van der Waals surface area contributed by atoms with Crippen LogP contribution < -0.4 is 0 Å². The average Bonchev–Trinajstić information content (AvgIpc) is 3.37. The van der Waals surface area contributed by atoms with Crippen molar-refractivity contribution in [3.05, 3.63) is 52.1 Å². The maximum absolute atomic E-state index is 12.4. The summed E-state index contributed by atoms with van der Waals surface area (Å²) in [5, 5.41) is 10.8. The lowest BCUT2D eigenvalue weighted by molar-refractivity contribution is -0.384. The van der Waals surface area contributed by atoms with E-state index >= 15 is 0 Å². The molecule has 3 aliphatic rings. The minimum Gasteiger partial charge on any atom is -0.464 e. The summed E-state index contributed by atoms with van der Waals surface area (Å²) in [6, 6.07) is 6.94. The summed E-state index contributed by atoms with van der Waals surface area (Å²) >= 11 is 0. The number of nitrogens with zero attached hydrogens (tertiary/aromatic N) is 2. The molecule has 1 aromatic rings. The summed E-state index contributed by atoms with van der Waals surface area (Å²) in [7, 11) is 0. The van der Waals surface area contributed by atoms with Gasteiger partial charge in [0.15, 0.2) is 0 Å². The van der Waals surface area contributed by atoms with Gasteiger partial charge in [-0.2, -0.15) is 0 Å². The van der Waals surface area contributed by atoms with Gasteiger partial charge in [0.05, 0.1) is 10.8 Å². The molecule has 4 atom stereocenters. The molecule has 1 aliphatic heterocycles. The van der Waals surface area contributed by atoms with Crippen LogP contribution in [0.4, 0.5) is 5.69 Å². The molecule has 2 fully saturated rings. The van der Waals surface area contributed by atoms with E-state index in [1.807, 2.05) is 0 Å². The standard InChI is InChI=1S/C20H24N2O4/c23-20(19-11-15-3-6-16(19)10-15)26-13-18-2-1-9-21(18)12-14-4-7-17(8-5-14)22(24)25/h3-8,15-16,18-19H,1-2,9-13H2/t15-,16+,18+,19-/m1/s1. The maximum Gasteiger partial charge on any atom is 0.309 e. The lowest BCUT2D eigenvalue weighted by atomic mass is 9.94. The first-order valence-electron chi connectivity index (χ1n) is 9.42. The Balaban J connectivity index is 1.30. The Bertz CT molecular complexity index is 715. The van der Waals surface area contributed by atoms with Crippen molar-refractivity contribution in [3.63, 3.8) is 0 Å². The number of ether oxygens (including phenoxy) is 1. The predicted octanol–water partition coefficient (Wildman–Crippen LogP) is 3.31. The molecular weight excluding hydrogens is 332 g/mol. The summed E-state index contributed by atoms with van der Waals surface area (Å²) in [4.78, 5) is 25.1. The summed E-state index contributed by atoms with van der Waals surface area (Å²) < 4.78 is 5.68. The normalized spacial score (nSPS) is 30.0. The number of carbonyl (C=O) groups is 1. The van der Waals surface area contributed by atoms with E-state index in [2.05, 4.69) is 17.1 Å². The largest absolute Gasteiger partial charge is 0.464 e. The Labute approximate surface area is 153 Å². The molecule has 26 heavy (non-hydrogen) atoms. The molecule has 6 heteroatoms. The number of esters is 1. The molecule has 1 saturated heterocycles. The summed E-state index contributed by atoms with van der Waals surface area (Å²) in [6.45, 7) is 2.15. The van der Waals surface area contributed by atoms with Crippen molar-refractivity contribution in [1.29, 1.82) is 0 Å². The molecule has 0 unspecified atom stereocenters. The van der Waals surface area contributed by atoms with Gasteiger partial charge in [-0.15, -0.1) is 0 Å². The van der Waals surface area contributed by atoms with Gasteiger partial charge in [-0.3, -0.25) is 19.8 Å². The molecule has 1 saturated carbocycles. The first-order chi connectivity index (χ1) is 12.6. The molecular formula is C20H24N2O4. The summed E-state index contributed by atoms with van der Waals surface area (Å²) in [5.74, 6) is 0.966. The second-order valence-corrected chi connectivity index (χ2v) is 7.71. The second-order valence-electron chi connectivity index (χ2n) is 7.71. The van der Waals surface area contributed by atoms with Crippen LogP contribution in [0.1, 0.15) is 31.2 Å². The van der Waals surface area contributed by atoms with Crippen molar-refractivity contribution in [1.82, 2.24) is 4.90 Å². The first kappa shape index (κ1) is 17.2. The Hall–Kier alpha value is -2.21. The highest BCUT2D eigenvalue weighted by molar-refractivity contribution is 5.74. The van der Waals surface area contributed by atoms with Gasteiger partial charge < -0.3 is 4.74 Å². The predicted molar refractivity (Wildman–Crippen MR) is 96.3 cm³/mol. The number of rotatable bonds is 6. The highest BCUT2D eigenvalue weighted by Gasteiger charge is 2.41. The van der Waals surface area contributed by atoms with Crippen LogP contribution in [0.5, 0.6) is 0 Å². The van der Waals surface area contributed by atoms with Crippen LogP contribution in [0.15, 0.2) is 36.4 Å². The first-order valence-corrected chi connectivity index (χ1v) is 9.42. The lowest BCUT2D eigenvalue weighted by Gasteiger charge is -2.25. The van der Waals surface area contributed by atoms with E-state index in [0.29, 0.717) is 18.4 Å². The number of nitro groups is 1. The third kappa shape index (κ3) is 3.51. The van der Waals surface area contributed by atoms with Gasteiger partial charge >= 0.3 is 5.97 Å². The highest BCUT2D eigenvalue weighted by Crippen LogP contribution is 2.43. The third-order valence-electron chi connectivity index (χ3n) is 6.03. The molecule has 0 amide bonds. The van der Waals surface area contributed by atoms with Crippen LogP contribution in [0.3, 0.4) is 0 Å². The van der Waals surface area contributed by atoms with Crippen LogP contribution in [-0.2, 0) is 16.1 Å². The molecule has 1 aromatic carbocycles. The smallest absolute Gasteiger partial charge is 0.309 e. The Morgan fingerprint density at radius 2 is 2.04 bits per heavy atom. The summed E-state index contributed by atoms with van der Waals surface area (Å²) in [5.41, 5.74) is 1.16. The van der Waals surface area contributed by atoms with Crippen LogP contribution in [0.25, 0.3) is 0 Å². The third-order valence-corrected chi connectivity index (χ3v) is 6.03. The SMILES string of the molecule is O=C(OC[C@@H]1CCCN1Cc1ccc([N+](=O)[O-])cc1)[C@@H]1C[C@@H]2C=C[C@H]1C2. The Morgan fingerprint density at radius 3 is 2.69 bits per heavy atom. The molecule has 0 radical (unpaired) electrons. The van der Waals surface area contributed by atoms with Crippen LogP contribution >= 0.6 is 0 Å². The highest BCUT2D eigenvalue weighted by atomic mass is 16.6. The number of likely N-dealkylation sites (tertiary alicyclic amines) is 1. The van der Waals surface area contributed by atoms with Gasteiger partial charge in [-0.05, 0) is 49.6 Å². The average molecular weight is 356 g/mol. The van der Waals surface area contributed by atoms with E-state index in [0.717, 1.165) is 44.3 Å². The Kier molecular flexibility index (Phi) is 4.76. The molecule has 0 N–H and O–H groups in total. The zero-order valence-electron chi connectivity index (χ0n) is 14.8. The fourth-order valence-electron chi connectivity index (χ4n) is 4.59. The van der Waals surface area contributed by atoms with Gasteiger partial charge in [0.25, 0.3) is 5.69 Å². The van der Waals surface area contributed by atoms with E-state index < -0.39 is 0 Å². The number of hydrogen-bond acceptors (Lipinski definition) is 5. The Morgan fingerprint density at radius 1 is 1.23 bits per heavy atom. The van der Waals surface area contributed by atoms with Crippen LogP contribution in [0, 0.1) is 27.9 Å². The molecule has 6 nitrogen and oxygen atoms in total. The number of hydrogen-bond donors (Lipinski definition) is 0. The van der Waals surface area contributed by atoms with E-state index in [1.165, 1.54) is 0 Å². The van der Waals surface area contributed by atoms with Gasteiger partial charge in [0, 0.05) is 24.7 Å². The van der Waals surface area contributed by atoms with Crippen molar-refractivity contribution in [2.24, 2.45) is 17.8 Å². The van der Waals surface area contributed by atoms with Crippen molar-refractivity contribution < 1.29 is 14.5 Å². The van der Waals surface area contributed by atoms with Gasteiger partial charge in [-0.25, -0.2) is 0 Å². The van der Waals surface area contributed by atoms with Crippen LogP contribution in [0.2, 0.25) is 0 Å². The minimum absolute atomic E-state index is 0.0379. The molecule has 1 heterocycles. The second kappa shape index (κ2) is 7.19. The van der Waals surface area contributed by atoms with Gasteiger partial charge in [-0.1, -0.05) is 24.3 Å². The molecule has 0 aromatic heterocycles. The number of fused-ring (bicyclic) bond motifs is 2. The quantitative estimate of drug-likeness (QED) is 0.338. The zero-order valence-corrected chi connectivity index (χ0v) is 14.8. The van der Waals surface area contributed by atoms with Crippen molar-refractivity contribution in [3.8, 4) is 0 Å². The molecule has 138 valence electrons. The van der Waals surface area contributed by atoms with E-state index in [1.54, 1.807) is 24.3 Å². The maximum atomic E-state index is 12.4. The van der Waals surface area contributed by atoms with Gasteiger partial charge in [0.2, 0.25) is 0 Å². The van der Waals surface area contributed by atoms with E-state index in [4.69, 9.17) is 4.74 Å². The lowest BCUT2D eigenvalue weighted by Crippen LogP contribution is -2.34. The van der Waals surface area contributed by atoms with Crippen LogP contribution in [-0.4, -0.2) is 35.0 Å². The number of carbonyl (C=O) groups excluding carboxylic acids is 1. The number of nitro benzene ring substituents is 1. The zero-order chi connectivity index (χ0) is 18.1.